The van der Waals surface area contributed by atoms with E-state index in [1.54, 1.807) is 6.07 Å². The molecule has 0 atom stereocenters. The number of nitriles is 1. The molecular weight excluding hydrogens is 325 g/mol. The van der Waals surface area contributed by atoms with E-state index >= 15 is 0 Å². The van der Waals surface area contributed by atoms with Gasteiger partial charge in [0, 0.05) is 11.1 Å². The third-order valence-electron chi connectivity index (χ3n) is 5.70. The fraction of sp³-hybridized carbons (Fsp3) is 0.435. The van der Waals surface area contributed by atoms with Crippen LogP contribution in [0.3, 0.4) is 0 Å². The Labute approximate surface area is 155 Å². The van der Waals surface area contributed by atoms with E-state index < -0.39 is 0 Å². The van der Waals surface area contributed by atoms with Crippen LogP contribution in [0.2, 0.25) is 0 Å². The maximum Gasteiger partial charge on any atom is 0.168 e. The molecule has 3 heteroatoms. The summed E-state index contributed by atoms with van der Waals surface area (Å²) in [6, 6.07) is 12.0. The van der Waals surface area contributed by atoms with Crippen molar-refractivity contribution in [3.8, 4) is 22.9 Å². The van der Waals surface area contributed by atoms with Gasteiger partial charge in [-0.05, 0) is 48.3 Å². The maximum atomic E-state index is 14.7. The van der Waals surface area contributed by atoms with Gasteiger partial charge >= 0.3 is 0 Å². The normalized spacial score (nSPS) is 19.8. The van der Waals surface area contributed by atoms with Gasteiger partial charge < -0.3 is 4.74 Å². The van der Waals surface area contributed by atoms with Crippen LogP contribution in [0.4, 0.5) is 4.39 Å². The number of benzene rings is 2. The van der Waals surface area contributed by atoms with E-state index in [1.807, 2.05) is 25.1 Å². The van der Waals surface area contributed by atoms with E-state index in [4.69, 9.17) is 4.74 Å². The highest BCUT2D eigenvalue weighted by molar-refractivity contribution is 5.76. The standard InChI is InChI=1S/C23H26FNO/c1-4-16-9-12-21(23(26-3)22(16)24)20-11-10-18(13-19(20)14-25)17-7-5-15(2)6-8-17/h9-13,15,17H,4-8H2,1-3H3. The first-order valence-electron chi connectivity index (χ1n) is 9.48. The van der Waals surface area contributed by atoms with E-state index in [0.29, 0.717) is 29.0 Å². The average Bonchev–Trinajstić information content (AvgIpc) is 2.68. The molecular formula is C23H26FNO. The van der Waals surface area contributed by atoms with Crippen LogP contribution in [-0.4, -0.2) is 7.11 Å². The van der Waals surface area contributed by atoms with Gasteiger partial charge in [-0.15, -0.1) is 0 Å². The quantitative estimate of drug-likeness (QED) is 0.654. The average molecular weight is 351 g/mol. The van der Waals surface area contributed by atoms with Crippen molar-refractivity contribution in [2.75, 3.05) is 7.11 Å². The first-order chi connectivity index (χ1) is 12.6. The van der Waals surface area contributed by atoms with Gasteiger partial charge in [0.1, 0.15) is 0 Å². The Morgan fingerprint density at radius 3 is 2.42 bits per heavy atom. The number of hydrogen-bond acceptors (Lipinski definition) is 2. The molecule has 1 saturated carbocycles. The molecule has 0 aromatic heterocycles. The van der Waals surface area contributed by atoms with Crippen LogP contribution in [0.25, 0.3) is 11.1 Å². The molecule has 1 aliphatic carbocycles. The molecule has 0 amide bonds. The molecule has 2 nitrogen and oxygen atoms in total. The molecule has 3 rings (SSSR count). The van der Waals surface area contributed by atoms with Gasteiger partial charge in [0.15, 0.2) is 11.6 Å². The zero-order valence-corrected chi connectivity index (χ0v) is 15.8. The highest BCUT2D eigenvalue weighted by Gasteiger charge is 2.22. The summed E-state index contributed by atoms with van der Waals surface area (Å²) >= 11 is 0. The largest absolute Gasteiger partial charge is 0.493 e. The van der Waals surface area contributed by atoms with Gasteiger partial charge in [-0.3, -0.25) is 0 Å². The van der Waals surface area contributed by atoms with Crippen molar-refractivity contribution < 1.29 is 9.13 Å². The lowest BCUT2D eigenvalue weighted by molar-refractivity contribution is 0.348. The van der Waals surface area contributed by atoms with E-state index in [0.717, 1.165) is 11.5 Å². The van der Waals surface area contributed by atoms with Crippen LogP contribution in [0, 0.1) is 23.1 Å². The van der Waals surface area contributed by atoms with E-state index in [-0.39, 0.29) is 11.6 Å². The molecule has 26 heavy (non-hydrogen) atoms. The molecule has 0 N–H and O–H groups in total. The highest BCUT2D eigenvalue weighted by atomic mass is 19.1. The van der Waals surface area contributed by atoms with Gasteiger partial charge in [-0.2, -0.15) is 5.26 Å². The Hall–Kier alpha value is -2.34. The number of rotatable bonds is 4. The molecule has 136 valence electrons. The smallest absolute Gasteiger partial charge is 0.168 e. The predicted molar refractivity (Wildman–Crippen MR) is 103 cm³/mol. The first-order valence-corrected chi connectivity index (χ1v) is 9.48. The first kappa shape index (κ1) is 18.5. The molecule has 0 aliphatic heterocycles. The summed E-state index contributed by atoms with van der Waals surface area (Å²) in [5.74, 6) is 1.21. The summed E-state index contributed by atoms with van der Waals surface area (Å²) in [6.07, 6.45) is 5.44. The second-order valence-corrected chi connectivity index (χ2v) is 7.35. The van der Waals surface area contributed by atoms with Crippen molar-refractivity contribution in [2.45, 2.75) is 51.9 Å². The minimum atomic E-state index is -0.332. The molecule has 1 fully saturated rings. The Bertz CT molecular complexity index is 829. The Balaban J connectivity index is 2.02. The van der Waals surface area contributed by atoms with E-state index in [2.05, 4.69) is 19.1 Å². The van der Waals surface area contributed by atoms with Crippen molar-refractivity contribution in [3.63, 3.8) is 0 Å². The fourth-order valence-electron chi connectivity index (χ4n) is 4.02. The molecule has 0 heterocycles. The van der Waals surface area contributed by atoms with E-state index in [1.165, 1.54) is 38.4 Å². The Kier molecular flexibility index (Phi) is 5.61. The molecule has 2 aromatic carbocycles. The lowest BCUT2D eigenvalue weighted by Gasteiger charge is -2.27. The Morgan fingerprint density at radius 1 is 1.12 bits per heavy atom. The summed E-state index contributed by atoms with van der Waals surface area (Å²) in [5, 5.41) is 9.69. The van der Waals surface area contributed by atoms with Crippen LogP contribution in [0.1, 0.15) is 62.1 Å². The molecule has 1 aliphatic rings. The zero-order valence-electron chi connectivity index (χ0n) is 15.8. The lowest BCUT2D eigenvalue weighted by Crippen LogP contribution is -2.11. The third kappa shape index (κ3) is 3.46. The number of methoxy groups -OCH3 is 1. The predicted octanol–water partition coefficient (Wildman–Crippen LogP) is 6.23. The van der Waals surface area contributed by atoms with Crippen molar-refractivity contribution in [1.82, 2.24) is 0 Å². The summed E-state index contributed by atoms with van der Waals surface area (Å²) in [5.41, 5.74) is 3.81. The molecule has 0 spiro atoms. The monoisotopic (exact) mass is 351 g/mol. The molecule has 0 unspecified atom stereocenters. The van der Waals surface area contributed by atoms with Crippen LogP contribution < -0.4 is 4.74 Å². The fourth-order valence-corrected chi connectivity index (χ4v) is 4.02. The Morgan fingerprint density at radius 2 is 1.81 bits per heavy atom. The highest BCUT2D eigenvalue weighted by Crippen LogP contribution is 2.39. The summed E-state index contributed by atoms with van der Waals surface area (Å²) in [6.45, 7) is 4.22. The van der Waals surface area contributed by atoms with Crippen LogP contribution >= 0.6 is 0 Å². The lowest BCUT2D eigenvalue weighted by atomic mass is 9.78. The molecule has 0 radical (unpaired) electrons. The van der Waals surface area contributed by atoms with Gasteiger partial charge in [-0.1, -0.05) is 51.0 Å². The van der Waals surface area contributed by atoms with Crippen molar-refractivity contribution in [2.24, 2.45) is 5.92 Å². The number of ether oxygens (including phenoxy) is 1. The van der Waals surface area contributed by atoms with Gasteiger partial charge in [-0.25, -0.2) is 4.39 Å². The van der Waals surface area contributed by atoms with Crippen molar-refractivity contribution >= 4 is 0 Å². The third-order valence-corrected chi connectivity index (χ3v) is 5.70. The summed E-state index contributed by atoms with van der Waals surface area (Å²) < 4.78 is 20.0. The SMILES string of the molecule is CCc1ccc(-c2ccc(C3CCC(C)CC3)cc2C#N)c(OC)c1F. The topological polar surface area (TPSA) is 33.0 Å². The van der Waals surface area contributed by atoms with Gasteiger partial charge in [0.25, 0.3) is 0 Å². The minimum absolute atomic E-state index is 0.222. The molecule has 0 bridgehead atoms. The zero-order chi connectivity index (χ0) is 18.7. The van der Waals surface area contributed by atoms with Crippen LogP contribution in [-0.2, 0) is 6.42 Å². The maximum absolute atomic E-state index is 14.7. The number of halogens is 1. The van der Waals surface area contributed by atoms with Crippen LogP contribution in [0.15, 0.2) is 30.3 Å². The second-order valence-electron chi connectivity index (χ2n) is 7.35. The summed E-state index contributed by atoms with van der Waals surface area (Å²) in [4.78, 5) is 0. The second kappa shape index (κ2) is 7.91. The minimum Gasteiger partial charge on any atom is -0.493 e. The number of hydrogen-bond donors (Lipinski definition) is 0. The van der Waals surface area contributed by atoms with Crippen molar-refractivity contribution in [3.05, 3.63) is 52.8 Å². The van der Waals surface area contributed by atoms with E-state index in [9.17, 15) is 9.65 Å². The van der Waals surface area contributed by atoms with Crippen molar-refractivity contribution in [1.29, 1.82) is 5.26 Å². The molecule has 0 saturated heterocycles. The number of nitrogens with zero attached hydrogens (tertiary/aromatic N) is 1. The number of aryl methyl sites for hydroxylation is 1. The molecule has 2 aromatic rings. The van der Waals surface area contributed by atoms with Gasteiger partial charge in [0.2, 0.25) is 0 Å². The van der Waals surface area contributed by atoms with Gasteiger partial charge in [0.05, 0.1) is 18.7 Å². The van der Waals surface area contributed by atoms with Crippen LogP contribution in [0.5, 0.6) is 5.75 Å². The summed E-state index contributed by atoms with van der Waals surface area (Å²) in [7, 11) is 1.48.